The predicted octanol–water partition coefficient (Wildman–Crippen LogP) is 0.953. The van der Waals surface area contributed by atoms with Crippen molar-refractivity contribution in [2.24, 2.45) is 0 Å². The molecule has 0 bridgehead atoms. The zero-order valence-corrected chi connectivity index (χ0v) is 12.5. The van der Waals surface area contributed by atoms with Crippen LogP contribution in [0.3, 0.4) is 0 Å². The van der Waals surface area contributed by atoms with Crippen molar-refractivity contribution in [2.75, 3.05) is 23.4 Å². The number of hydrogen-bond donors (Lipinski definition) is 2. The van der Waals surface area contributed by atoms with Crippen LogP contribution in [0.5, 0.6) is 0 Å². The third kappa shape index (κ3) is 4.54. The average molecular weight is 304 g/mol. The lowest BCUT2D eigenvalue weighted by Crippen LogP contribution is -2.40. The van der Waals surface area contributed by atoms with Crippen LogP contribution in [0.25, 0.3) is 0 Å². The Balaban J connectivity index is 3.26. The van der Waals surface area contributed by atoms with Gasteiger partial charge in [-0.1, -0.05) is 0 Å². The first kappa shape index (κ1) is 17.1. The van der Waals surface area contributed by atoms with Crippen LogP contribution in [0, 0.1) is 32.8 Å². The molecule has 0 saturated carbocycles. The number of nitro groups is 1. The SMILES string of the molecule is CC(C)(C)NNc1ncnc(N(CC#N)CC#N)c1[N+](=O)[O-]. The van der Waals surface area contributed by atoms with Gasteiger partial charge in [0.2, 0.25) is 11.6 Å². The summed E-state index contributed by atoms with van der Waals surface area (Å²) >= 11 is 0. The van der Waals surface area contributed by atoms with Crippen molar-refractivity contribution in [3.05, 3.63) is 16.4 Å². The third-order valence-electron chi connectivity index (χ3n) is 2.36. The van der Waals surface area contributed by atoms with Crippen LogP contribution in [-0.2, 0) is 0 Å². The predicted molar refractivity (Wildman–Crippen MR) is 78.6 cm³/mol. The van der Waals surface area contributed by atoms with E-state index in [1.807, 2.05) is 32.9 Å². The minimum Gasteiger partial charge on any atom is -0.324 e. The van der Waals surface area contributed by atoms with Gasteiger partial charge in [0.15, 0.2) is 0 Å². The summed E-state index contributed by atoms with van der Waals surface area (Å²) < 4.78 is 0. The van der Waals surface area contributed by atoms with Gasteiger partial charge in [0.25, 0.3) is 0 Å². The summed E-state index contributed by atoms with van der Waals surface area (Å²) in [5.74, 6) is -0.118. The van der Waals surface area contributed by atoms with Crippen LogP contribution in [0.2, 0.25) is 0 Å². The largest absolute Gasteiger partial charge is 0.354 e. The summed E-state index contributed by atoms with van der Waals surface area (Å²) in [5.41, 5.74) is 4.80. The Morgan fingerprint density at radius 3 is 2.36 bits per heavy atom. The fourth-order valence-electron chi connectivity index (χ4n) is 1.48. The van der Waals surface area contributed by atoms with Crippen LogP contribution in [-0.4, -0.2) is 33.5 Å². The number of nitriles is 2. The van der Waals surface area contributed by atoms with Crippen LogP contribution in [0.1, 0.15) is 20.8 Å². The first-order valence-electron chi connectivity index (χ1n) is 6.31. The molecule has 0 aromatic carbocycles. The van der Waals surface area contributed by atoms with Gasteiger partial charge in [-0.2, -0.15) is 10.5 Å². The first-order chi connectivity index (χ1) is 10.3. The Hall–Kier alpha value is -2.98. The quantitative estimate of drug-likeness (QED) is 0.445. The van der Waals surface area contributed by atoms with E-state index in [0.29, 0.717) is 0 Å². The fourth-order valence-corrected chi connectivity index (χ4v) is 1.48. The number of nitrogens with zero attached hydrogens (tertiary/aromatic N) is 6. The third-order valence-corrected chi connectivity index (χ3v) is 2.36. The van der Waals surface area contributed by atoms with Crippen LogP contribution in [0.15, 0.2) is 6.33 Å². The Morgan fingerprint density at radius 2 is 1.91 bits per heavy atom. The molecule has 1 aromatic rings. The second-order valence-electron chi connectivity index (χ2n) is 5.32. The fraction of sp³-hybridized carbons (Fsp3) is 0.500. The average Bonchev–Trinajstić information content (AvgIpc) is 2.43. The lowest BCUT2D eigenvalue weighted by atomic mass is 10.1. The Bertz CT molecular complexity index is 609. The van der Waals surface area contributed by atoms with Gasteiger partial charge in [-0.05, 0) is 20.8 Å². The molecule has 0 fully saturated rings. The minimum atomic E-state index is -0.649. The van der Waals surface area contributed by atoms with E-state index in [4.69, 9.17) is 10.5 Å². The zero-order chi connectivity index (χ0) is 16.8. The highest BCUT2D eigenvalue weighted by atomic mass is 16.6. The molecule has 0 aliphatic heterocycles. The van der Waals surface area contributed by atoms with E-state index in [0.717, 1.165) is 6.33 Å². The number of hydrazine groups is 1. The van der Waals surface area contributed by atoms with Crippen molar-refractivity contribution in [2.45, 2.75) is 26.3 Å². The molecule has 22 heavy (non-hydrogen) atoms. The number of anilines is 2. The summed E-state index contributed by atoms with van der Waals surface area (Å²) in [6.07, 6.45) is 1.14. The molecule has 0 unspecified atom stereocenters. The maximum atomic E-state index is 11.3. The molecule has 0 amide bonds. The number of aromatic nitrogens is 2. The van der Waals surface area contributed by atoms with E-state index in [1.165, 1.54) is 4.90 Å². The van der Waals surface area contributed by atoms with Crippen LogP contribution < -0.4 is 15.8 Å². The van der Waals surface area contributed by atoms with Gasteiger partial charge >= 0.3 is 5.69 Å². The molecule has 0 spiro atoms. The zero-order valence-electron chi connectivity index (χ0n) is 12.5. The summed E-state index contributed by atoms with van der Waals surface area (Å²) in [5, 5.41) is 28.9. The Morgan fingerprint density at radius 1 is 1.32 bits per heavy atom. The van der Waals surface area contributed by atoms with Crippen LogP contribution in [0.4, 0.5) is 17.3 Å². The van der Waals surface area contributed by atoms with E-state index in [2.05, 4.69) is 20.8 Å². The molecule has 10 nitrogen and oxygen atoms in total. The summed E-state index contributed by atoms with van der Waals surface area (Å²) in [7, 11) is 0. The van der Waals surface area contributed by atoms with Gasteiger partial charge in [0.05, 0.1) is 17.1 Å². The van der Waals surface area contributed by atoms with Crippen molar-refractivity contribution in [3.8, 4) is 12.1 Å². The topological polar surface area (TPSA) is 144 Å². The molecule has 0 atom stereocenters. The van der Waals surface area contributed by atoms with E-state index >= 15 is 0 Å². The lowest BCUT2D eigenvalue weighted by Gasteiger charge is -2.22. The molecule has 1 rings (SSSR count). The Labute approximate surface area is 127 Å². The number of rotatable bonds is 6. The van der Waals surface area contributed by atoms with Gasteiger partial charge in [-0.25, -0.2) is 15.4 Å². The van der Waals surface area contributed by atoms with E-state index < -0.39 is 10.6 Å². The van der Waals surface area contributed by atoms with Crippen molar-refractivity contribution >= 4 is 17.3 Å². The molecule has 0 saturated heterocycles. The van der Waals surface area contributed by atoms with E-state index in [9.17, 15) is 10.1 Å². The normalized spacial score (nSPS) is 10.4. The van der Waals surface area contributed by atoms with Gasteiger partial charge in [-0.15, -0.1) is 0 Å². The first-order valence-corrected chi connectivity index (χ1v) is 6.31. The standard InChI is InChI=1S/C12H16N8O2/c1-12(2,3)18-17-10-9(20(21)22)11(16-8-15-10)19(6-4-13)7-5-14/h8,18H,6-7H2,1-3H3,(H,15,16,17). The molecule has 0 radical (unpaired) electrons. The van der Waals surface area contributed by atoms with Crippen molar-refractivity contribution < 1.29 is 4.92 Å². The smallest absolute Gasteiger partial charge is 0.324 e. The van der Waals surface area contributed by atoms with Crippen molar-refractivity contribution in [3.63, 3.8) is 0 Å². The molecule has 116 valence electrons. The monoisotopic (exact) mass is 304 g/mol. The molecule has 1 aromatic heterocycles. The van der Waals surface area contributed by atoms with Gasteiger partial charge in [0, 0.05) is 5.54 Å². The second-order valence-corrected chi connectivity index (χ2v) is 5.32. The summed E-state index contributed by atoms with van der Waals surface area (Å²) in [4.78, 5) is 19.6. The Kier molecular flexibility index (Phi) is 5.55. The lowest BCUT2D eigenvalue weighted by molar-refractivity contribution is -0.383. The van der Waals surface area contributed by atoms with Gasteiger partial charge < -0.3 is 4.90 Å². The van der Waals surface area contributed by atoms with E-state index in [1.54, 1.807) is 0 Å². The molecule has 1 heterocycles. The summed E-state index contributed by atoms with van der Waals surface area (Å²) in [6.45, 7) is 5.21. The molecule has 0 aliphatic rings. The highest BCUT2D eigenvalue weighted by Gasteiger charge is 2.27. The van der Waals surface area contributed by atoms with Gasteiger partial charge in [0.1, 0.15) is 19.4 Å². The summed E-state index contributed by atoms with van der Waals surface area (Å²) in [6, 6.07) is 3.70. The highest BCUT2D eigenvalue weighted by Crippen LogP contribution is 2.31. The van der Waals surface area contributed by atoms with Crippen LogP contribution >= 0.6 is 0 Å². The van der Waals surface area contributed by atoms with Crippen molar-refractivity contribution in [1.29, 1.82) is 10.5 Å². The maximum absolute atomic E-state index is 11.3. The number of nitrogens with one attached hydrogen (secondary N) is 2. The second kappa shape index (κ2) is 7.15. The molecule has 10 heteroatoms. The molecular weight excluding hydrogens is 288 g/mol. The molecule has 0 aliphatic carbocycles. The number of hydrogen-bond acceptors (Lipinski definition) is 9. The molecule has 2 N–H and O–H groups in total. The van der Waals surface area contributed by atoms with Crippen molar-refractivity contribution in [1.82, 2.24) is 15.4 Å². The highest BCUT2D eigenvalue weighted by molar-refractivity contribution is 5.70. The molecular formula is C12H16N8O2. The van der Waals surface area contributed by atoms with Gasteiger partial charge in [-0.3, -0.25) is 15.5 Å². The van der Waals surface area contributed by atoms with E-state index in [-0.39, 0.29) is 30.3 Å². The maximum Gasteiger partial charge on any atom is 0.354 e. The minimum absolute atomic E-state index is 0.0363.